The lowest BCUT2D eigenvalue weighted by Gasteiger charge is -2.34. The lowest BCUT2D eigenvalue weighted by molar-refractivity contribution is 0.0698. The number of nitrogens with one attached hydrogen (secondary N) is 2. The third-order valence-electron chi connectivity index (χ3n) is 6.06. The van der Waals surface area contributed by atoms with E-state index < -0.39 is 10.0 Å². The van der Waals surface area contributed by atoms with Crippen molar-refractivity contribution in [1.82, 2.24) is 9.21 Å². The van der Waals surface area contributed by atoms with E-state index in [1.54, 1.807) is 53.4 Å². The van der Waals surface area contributed by atoms with E-state index in [0.29, 0.717) is 30.0 Å². The fourth-order valence-corrected chi connectivity index (χ4v) is 5.36. The van der Waals surface area contributed by atoms with Crippen LogP contribution in [0.15, 0.2) is 77.7 Å². The molecular formula is C26H28N4O4S. The minimum atomic E-state index is -3.61. The van der Waals surface area contributed by atoms with Gasteiger partial charge in [0, 0.05) is 43.1 Å². The van der Waals surface area contributed by atoms with Crippen molar-refractivity contribution in [2.75, 3.05) is 36.8 Å². The quantitative estimate of drug-likeness (QED) is 0.560. The Morgan fingerprint density at radius 1 is 0.743 bits per heavy atom. The Labute approximate surface area is 205 Å². The van der Waals surface area contributed by atoms with E-state index in [1.165, 1.54) is 4.31 Å². The third kappa shape index (κ3) is 5.70. The van der Waals surface area contributed by atoms with E-state index in [2.05, 4.69) is 10.6 Å². The van der Waals surface area contributed by atoms with Crippen LogP contribution in [0.4, 0.5) is 16.2 Å². The second-order valence-electron chi connectivity index (χ2n) is 8.46. The minimum Gasteiger partial charge on any atom is -0.336 e. The van der Waals surface area contributed by atoms with Crippen molar-refractivity contribution in [2.45, 2.75) is 18.7 Å². The number of amides is 3. The molecule has 1 heterocycles. The van der Waals surface area contributed by atoms with Crippen molar-refractivity contribution in [2.24, 2.45) is 0 Å². The SMILES string of the molecule is Cc1ccc(S(=O)(=O)N2CCN(C(=O)c3ccc(NC(=O)Nc4ccccc4)cc3)CC2)cc1C. The van der Waals surface area contributed by atoms with Gasteiger partial charge in [0.15, 0.2) is 0 Å². The molecule has 0 saturated carbocycles. The summed E-state index contributed by atoms with van der Waals surface area (Å²) in [5.74, 6) is -0.173. The second-order valence-corrected chi connectivity index (χ2v) is 10.4. The largest absolute Gasteiger partial charge is 0.336 e. The Morgan fingerprint density at radius 2 is 1.34 bits per heavy atom. The second kappa shape index (κ2) is 10.3. The van der Waals surface area contributed by atoms with Gasteiger partial charge in [-0.15, -0.1) is 0 Å². The van der Waals surface area contributed by atoms with Gasteiger partial charge in [0.2, 0.25) is 10.0 Å². The molecule has 2 N–H and O–H groups in total. The molecule has 3 aromatic rings. The summed E-state index contributed by atoms with van der Waals surface area (Å²) in [6.45, 7) is 4.92. The summed E-state index contributed by atoms with van der Waals surface area (Å²) in [6.07, 6.45) is 0. The molecule has 3 aromatic carbocycles. The first-order chi connectivity index (χ1) is 16.7. The zero-order chi connectivity index (χ0) is 25.0. The maximum absolute atomic E-state index is 13.0. The van der Waals surface area contributed by atoms with E-state index in [9.17, 15) is 18.0 Å². The molecule has 0 radical (unpaired) electrons. The number of piperazine rings is 1. The number of carbonyl (C=O) groups excluding carboxylic acids is 2. The highest BCUT2D eigenvalue weighted by atomic mass is 32.2. The summed E-state index contributed by atoms with van der Waals surface area (Å²) >= 11 is 0. The molecule has 8 nitrogen and oxygen atoms in total. The van der Waals surface area contributed by atoms with Crippen LogP contribution in [0, 0.1) is 13.8 Å². The first-order valence-corrected chi connectivity index (χ1v) is 12.8. The fraction of sp³-hybridized carbons (Fsp3) is 0.231. The highest BCUT2D eigenvalue weighted by Crippen LogP contribution is 2.21. The fourth-order valence-electron chi connectivity index (χ4n) is 3.85. The summed E-state index contributed by atoms with van der Waals surface area (Å²) in [5, 5.41) is 5.47. The average molecular weight is 493 g/mol. The lowest BCUT2D eigenvalue weighted by Crippen LogP contribution is -2.50. The summed E-state index contributed by atoms with van der Waals surface area (Å²) < 4.78 is 27.5. The summed E-state index contributed by atoms with van der Waals surface area (Å²) in [6, 6.07) is 20.5. The van der Waals surface area contributed by atoms with Gasteiger partial charge >= 0.3 is 6.03 Å². The van der Waals surface area contributed by atoms with Crippen molar-refractivity contribution in [3.63, 3.8) is 0 Å². The molecule has 35 heavy (non-hydrogen) atoms. The summed E-state index contributed by atoms with van der Waals surface area (Å²) in [7, 11) is -3.61. The zero-order valence-electron chi connectivity index (χ0n) is 19.7. The molecule has 4 rings (SSSR count). The number of para-hydroxylation sites is 1. The first-order valence-electron chi connectivity index (χ1n) is 11.3. The molecule has 9 heteroatoms. The highest BCUT2D eigenvalue weighted by Gasteiger charge is 2.30. The van der Waals surface area contributed by atoms with E-state index >= 15 is 0 Å². The van der Waals surface area contributed by atoms with Crippen LogP contribution in [0.25, 0.3) is 0 Å². The molecule has 0 aromatic heterocycles. The Morgan fingerprint density at radius 3 is 1.94 bits per heavy atom. The molecule has 1 aliphatic heterocycles. The minimum absolute atomic E-state index is 0.173. The molecule has 0 bridgehead atoms. The highest BCUT2D eigenvalue weighted by molar-refractivity contribution is 7.89. The van der Waals surface area contributed by atoms with Crippen LogP contribution < -0.4 is 10.6 Å². The van der Waals surface area contributed by atoms with E-state index in [-0.39, 0.29) is 29.9 Å². The standard InChI is InChI=1S/C26H28N4O4S/c1-19-8-13-24(18-20(19)2)35(33,34)30-16-14-29(15-17-30)25(31)21-9-11-23(12-10-21)28-26(32)27-22-6-4-3-5-7-22/h3-13,18H,14-17H2,1-2H3,(H2,27,28,32). The van der Waals surface area contributed by atoms with Gasteiger partial charge in [0.05, 0.1) is 4.90 Å². The molecule has 0 spiro atoms. The van der Waals surface area contributed by atoms with Gasteiger partial charge in [-0.05, 0) is 73.5 Å². The monoisotopic (exact) mass is 492 g/mol. The average Bonchev–Trinajstić information content (AvgIpc) is 2.86. The molecule has 3 amide bonds. The van der Waals surface area contributed by atoms with Crippen molar-refractivity contribution < 1.29 is 18.0 Å². The Balaban J connectivity index is 1.33. The number of hydrogen-bond donors (Lipinski definition) is 2. The topological polar surface area (TPSA) is 98.8 Å². The van der Waals surface area contributed by atoms with Crippen LogP contribution >= 0.6 is 0 Å². The van der Waals surface area contributed by atoms with Gasteiger partial charge < -0.3 is 15.5 Å². The smallest absolute Gasteiger partial charge is 0.323 e. The van der Waals surface area contributed by atoms with Gasteiger partial charge in [-0.2, -0.15) is 4.31 Å². The number of urea groups is 1. The van der Waals surface area contributed by atoms with Gasteiger partial charge in [0.25, 0.3) is 5.91 Å². The molecule has 0 atom stereocenters. The van der Waals surface area contributed by atoms with Gasteiger partial charge in [-0.25, -0.2) is 13.2 Å². The van der Waals surface area contributed by atoms with Crippen molar-refractivity contribution in [3.05, 3.63) is 89.5 Å². The number of carbonyl (C=O) groups is 2. The molecule has 182 valence electrons. The molecular weight excluding hydrogens is 464 g/mol. The van der Waals surface area contributed by atoms with Crippen LogP contribution in [0.3, 0.4) is 0 Å². The van der Waals surface area contributed by atoms with Crippen LogP contribution in [-0.2, 0) is 10.0 Å². The summed E-state index contributed by atoms with van der Waals surface area (Å²) in [4.78, 5) is 27.0. The van der Waals surface area contributed by atoms with Crippen LogP contribution in [0.2, 0.25) is 0 Å². The first kappa shape index (κ1) is 24.4. The van der Waals surface area contributed by atoms with Gasteiger partial charge in [-0.1, -0.05) is 24.3 Å². The normalized spacial score (nSPS) is 14.4. The Kier molecular flexibility index (Phi) is 7.18. The molecule has 0 unspecified atom stereocenters. The molecule has 1 saturated heterocycles. The van der Waals surface area contributed by atoms with Gasteiger partial charge in [-0.3, -0.25) is 4.79 Å². The van der Waals surface area contributed by atoms with Crippen molar-refractivity contribution in [1.29, 1.82) is 0 Å². The van der Waals surface area contributed by atoms with E-state index in [1.807, 2.05) is 38.1 Å². The number of nitrogens with zero attached hydrogens (tertiary/aromatic N) is 2. The number of aryl methyl sites for hydroxylation is 2. The number of hydrogen-bond acceptors (Lipinski definition) is 4. The molecule has 0 aliphatic carbocycles. The number of benzene rings is 3. The number of anilines is 2. The van der Waals surface area contributed by atoms with E-state index in [0.717, 1.165) is 11.1 Å². The molecule has 1 aliphatic rings. The lowest BCUT2D eigenvalue weighted by atomic mass is 10.1. The van der Waals surface area contributed by atoms with Crippen LogP contribution in [0.1, 0.15) is 21.5 Å². The Hall–Kier alpha value is -3.69. The number of rotatable bonds is 5. The van der Waals surface area contributed by atoms with Crippen molar-refractivity contribution >= 4 is 33.3 Å². The predicted molar refractivity (Wildman–Crippen MR) is 136 cm³/mol. The van der Waals surface area contributed by atoms with Crippen LogP contribution in [-0.4, -0.2) is 55.7 Å². The molecule has 1 fully saturated rings. The van der Waals surface area contributed by atoms with E-state index in [4.69, 9.17) is 0 Å². The Bertz CT molecular complexity index is 1320. The maximum atomic E-state index is 13.0. The van der Waals surface area contributed by atoms with Crippen LogP contribution in [0.5, 0.6) is 0 Å². The van der Waals surface area contributed by atoms with Gasteiger partial charge in [0.1, 0.15) is 0 Å². The summed E-state index contributed by atoms with van der Waals surface area (Å²) in [5.41, 5.74) is 3.67. The maximum Gasteiger partial charge on any atom is 0.323 e. The number of sulfonamides is 1. The zero-order valence-corrected chi connectivity index (χ0v) is 20.5. The third-order valence-corrected chi connectivity index (χ3v) is 7.96. The van der Waals surface area contributed by atoms with Crippen molar-refractivity contribution in [3.8, 4) is 0 Å². The predicted octanol–water partition coefficient (Wildman–Crippen LogP) is 4.09.